The van der Waals surface area contributed by atoms with E-state index in [4.69, 9.17) is 18.9 Å². The van der Waals surface area contributed by atoms with E-state index in [1.54, 1.807) is 0 Å². The van der Waals surface area contributed by atoms with Gasteiger partial charge in [-0.15, -0.1) is 0 Å². The monoisotopic (exact) mass is 276 g/mol. The highest BCUT2D eigenvalue weighted by molar-refractivity contribution is 4.89. The molecule has 0 aromatic carbocycles. The van der Waals surface area contributed by atoms with Gasteiger partial charge in [0.25, 0.3) is 0 Å². The normalized spacial score (nSPS) is 31.9. The average molecular weight is 276 g/mol. The Morgan fingerprint density at radius 2 is 1.42 bits per heavy atom. The molecule has 5 heteroatoms. The summed E-state index contributed by atoms with van der Waals surface area (Å²) in [5, 5.41) is 9.97. The first kappa shape index (κ1) is 16.9. The van der Waals surface area contributed by atoms with Crippen molar-refractivity contribution in [2.24, 2.45) is 0 Å². The fourth-order valence-corrected chi connectivity index (χ4v) is 2.07. The molecule has 0 spiro atoms. The molecule has 1 N–H and O–H groups in total. The van der Waals surface area contributed by atoms with Crippen molar-refractivity contribution < 1.29 is 24.1 Å². The van der Waals surface area contributed by atoms with Crippen molar-refractivity contribution >= 4 is 0 Å². The Balaban J connectivity index is 2.68. The predicted molar refractivity (Wildman–Crippen MR) is 72.0 cm³/mol. The lowest BCUT2D eigenvalue weighted by Gasteiger charge is -2.27. The molecule has 19 heavy (non-hydrogen) atoms. The van der Waals surface area contributed by atoms with Gasteiger partial charge in [0.05, 0.1) is 24.9 Å². The minimum atomic E-state index is -0.966. The van der Waals surface area contributed by atoms with Gasteiger partial charge in [-0.05, 0) is 41.5 Å². The SMILES string of the molecule is CC(C)OC[C@H]1OC(O)[C@H](OC(C)C)[C@H]1OC(C)C. The van der Waals surface area contributed by atoms with Crippen LogP contribution < -0.4 is 0 Å². The third kappa shape index (κ3) is 5.36. The summed E-state index contributed by atoms with van der Waals surface area (Å²) in [5.41, 5.74) is 0. The van der Waals surface area contributed by atoms with Crippen LogP contribution in [0.3, 0.4) is 0 Å². The first-order valence-corrected chi connectivity index (χ1v) is 7.07. The van der Waals surface area contributed by atoms with Gasteiger partial charge in [-0.1, -0.05) is 0 Å². The third-order valence-electron chi connectivity index (χ3n) is 2.74. The van der Waals surface area contributed by atoms with Crippen molar-refractivity contribution in [3.63, 3.8) is 0 Å². The van der Waals surface area contributed by atoms with Gasteiger partial charge in [-0.3, -0.25) is 0 Å². The second-order valence-corrected chi connectivity index (χ2v) is 5.75. The molecule has 1 rings (SSSR count). The topological polar surface area (TPSA) is 57.2 Å². The molecule has 0 aromatic heterocycles. The fraction of sp³-hybridized carbons (Fsp3) is 1.00. The van der Waals surface area contributed by atoms with E-state index in [0.29, 0.717) is 6.61 Å². The van der Waals surface area contributed by atoms with E-state index in [-0.39, 0.29) is 30.5 Å². The molecule has 1 heterocycles. The Morgan fingerprint density at radius 1 is 0.895 bits per heavy atom. The van der Waals surface area contributed by atoms with E-state index < -0.39 is 12.4 Å². The van der Waals surface area contributed by atoms with Crippen molar-refractivity contribution in [1.29, 1.82) is 0 Å². The summed E-state index contributed by atoms with van der Waals surface area (Å²) < 4.78 is 22.7. The van der Waals surface area contributed by atoms with Crippen molar-refractivity contribution in [2.75, 3.05) is 6.61 Å². The zero-order chi connectivity index (χ0) is 14.6. The molecule has 0 saturated carbocycles. The predicted octanol–water partition coefficient (Wildman–Crippen LogP) is 1.72. The Bertz CT molecular complexity index is 254. The molecule has 0 aromatic rings. The number of hydrogen-bond acceptors (Lipinski definition) is 5. The molecule has 0 aliphatic carbocycles. The lowest BCUT2D eigenvalue weighted by atomic mass is 10.1. The number of ether oxygens (including phenoxy) is 4. The number of aliphatic hydroxyl groups excluding tert-OH is 1. The fourth-order valence-electron chi connectivity index (χ4n) is 2.07. The molecule has 1 aliphatic heterocycles. The highest BCUT2D eigenvalue weighted by Crippen LogP contribution is 2.27. The number of aliphatic hydroxyl groups is 1. The standard InChI is InChI=1S/C14H28O5/c1-8(2)16-7-11-12(17-9(3)4)13(14(15)19-11)18-10(5)6/h8-15H,7H2,1-6H3/t11-,12+,13-,14?/m1/s1. The van der Waals surface area contributed by atoms with Crippen LogP contribution in [0, 0.1) is 0 Å². The molecule has 1 fully saturated rings. The van der Waals surface area contributed by atoms with Crippen LogP contribution in [0.2, 0.25) is 0 Å². The summed E-state index contributed by atoms with van der Waals surface area (Å²) in [4.78, 5) is 0. The summed E-state index contributed by atoms with van der Waals surface area (Å²) in [6.45, 7) is 12.1. The van der Waals surface area contributed by atoms with Gasteiger partial charge < -0.3 is 24.1 Å². The van der Waals surface area contributed by atoms with Crippen LogP contribution in [-0.4, -0.2) is 54.6 Å². The largest absolute Gasteiger partial charge is 0.376 e. The number of rotatable bonds is 7. The highest BCUT2D eigenvalue weighted by Gasteiger charge is 2.46. The summed E-state index contributed by atoms with van der Waals surface area (Å²) in [7, 11) is 0. The lowest BCUT2D eigenvalue weighted by Crippen LogP contribution is -2.42. The molecule has 114 valence electrons. The molecule has 0 radical (unpaired) electrons. The van der Waals surface area contributed by atoms with Gasteiger partial charge >= 0.3 is 0 Å². The Morgan fingerprint density at radius 3 is 1.89 bits per heavy atom. The molecule has 0 amide bonds. The van der Waals surface area contributed by atoms with Crippen LogP contribution in [0.15, 0.2) is 0 Å². The maximum Gasteiger partial charge on any atom is 0.184 e. The molecule has 1 unspecified atom stereocenters. The van der Waals surface area contributed by atoms with Crippen LogP contribution in [0.1, 0.15) is 41.5 Å². The molecular formula is C14H28O5. The molecule has 1 aliphatic rings. The smallest absolute Gasteiger partial charge is 0.184 e. The van der Waals surface area contributed by atoms with E-state index in [1.165, 1.54) is 0 Å². The zero-order valence-electron chi connectivity index (χ0n) is 12.8. The maximum atomic E-state index is 9.97. The maximum absolute atomic E-state index is 9.97. The molecule has 0 bridgehead atoms. The van der Waals surface area contributed by atoms with E-state index in [0.717, 1.165) is 0 Å². The average Bonchev–Trinajstić information content (AvgIpc) is 2.53. The van der Waals surface area contributed by atoms with E-state index >= 15 is 0 Å². The van der Waals surface area contributed by atoms with Gasteiger partial charge in [0, 0.05) is 0 Å². The first-order chi connectivity index (χ1) is 8.81. The van der Waals surface area contributed by atoms with Gasteiger partial charge in [-0.25, -0.2) is 0 Å². The van der Waals surface area contributed by atoms with Gasteiger partial charge in [0.2, 0.25) is 0 Å². The van der Waals surface area contributed by atoms with Gasteiger partial charge in [0.1, 0.15) is 18.3 Å². The number of hydrogen-bond donors (Lipinski definition) is 1. The summed E-state index contributed by atoms with van der Waals surface area (Å²) in [6, 6.07) is 0. The zero-order valence-corrected chi connectivity index (χ0v) is 12.8. The first-order valence-electron chi connectivity index (χ1n) is 7.07. The summed E-state index contributed by atoms with van der Waals surface area (Å²) >= 11 is 0. The van der Waals surface area contributed by atoms with Crippen LogP contribution in [0.4, 0.5) is 0 Å². The summed E-state index contributed by atoms with van der Waals surface area (Å²) in [6.07, 6.45) is -1.88. The van der Waals surface area contributed by atoms with Crippen molar-refractivity contribution in [3.8, 4) is 0 Å². The second kappa shape index (κ2) is 7.55. The molecule has 5 nitrogen and oxygen atoms in total. The second-order valence-electron chi connectivity index (χ2n) is 5.75. The minimum absolute atomic E-state index is 0.00581. The van der Waals surface area contributed by atoms with Crippen molar-refractivity contribution in [1.82, 2.24) is 0 Å². The third-order valence-corrected chi connectivity index (χ3v) is 2.74. The Kier molecular flexibility index (Phi) is 6.69. The van der Waals surface area contributed by atoms with E-state index in [2.05, 4.69) is 0 Å². The Labute approximate surface area is 116 Å². The highest BCUT2D eigenvalue weighted by atomic mass is 16.7. The van der Waals surface area contributed by atoms with E-state index in [1.807, 2.05) is 41.5 Å². The van der Waals surface area contributed by atoms with Crippen LogP contribution >= 0.6 is 0 Å². The van der Waals surface area contributed by atoms with Gasteiger partial charge in [0.15, 0.2) is 6.29 Å². The van der Waals surface area contributed by atoms with Crippen molar-refractivity contribution in [2.45, 2.75) is 84.5 Å². The van der Waals surface area contributed by atoms with Crippen LogP contribution in [0.5, 0.6) is 0 Å². The molecule has 1 saturated heterocycles. The minimum Gasteiger partial charge on any atom is -0.376 e. The van der Waals surface area contributed by atoms with Crippen LogP contribution in [0.25, 0.3) is 0 Å². The van der Waals surface area contributed by atoms with Crippen LogP contribution in [-0.2, 0) is 18.9 Å². The lowest BCUT2D eigenvalue weighted by molar-refractivity contribution is -0.161. The summed E-state index contributed by atoms with van der Waals surface area (Å²) in [5.74, 6) is 0. The van der Waals surface area contributed by atoms with Crippen molar-refractivity contribution in [3.05, 3.63) is 0 Å². The quantitative estimate of drug-likeness (QED) is 0.767. The Hall–Kier alpha value is -0.200. The molecular weight excluding hydrogens is 248 g/mol. The van der Waals surface area contributed by atoms with E-state index in [9.17, 15) is 5.11 Å². The molecule has 4 atom stereocenters. The van der Waals surface area contributed by atoms with Gasteiger partial charge in [-0.2, -0.15) is 0 Å².